The molecular weight excluding hydrogens is 602 g/mol. The number of ether oxygens (including phenoxy) is 6. The van der Waals surface area contributed by atoms with Crippen LogP contribution in [0.4, 0.5) is 0 Å². The van der Waals surface area contributed by atoms with E-state index in [0.717, 1.165) is 6.41 Å². The van der Waals surface area contributed by atoms with Gasteiger partial charge in [0.25, 0.3) is 0 Å². The van der Waals surface area contributed by atoms with Crippen LogP contribution in [0.25, 0.3) is 0 Å². The highest BCUT2D eigenvalue weighted by Crippen LogP contribution is 2.80. The summed E-state index contributed by atoms with van der Waals surface area (Å²) in [6.07, 6.45) is -5.77. The minimum absolute atomic E-state index is 0.0369. The Balaban J connectivity index is 1.53. The highest BCUT2D eigenvalue weighted by atomic mass is 16.6. The number of carbonyl (C=O) groups is 3. The number of aliphatic hydroxyl groups is 3. The summed E-state index contributed by atoms with van der Waals surface area (Å²) < 4.78 is 36.8. The van der Waals surface area contributed by atoms with Gasteiger partial charge in [0.15, 0.2) is 5.60 Å². The van der Waals surface area contributed by atoms with E-state index in [0.29, 0.717) is 0 Å². The molecule has 0 aromatic heterocycles. The van der Waals surface area contributed by atoms with Crippen LogP contribution in [0.3, 0.4) is 0 Å². The Bertz CT molecular complexity index is 1400. The van der Waals surface area contributed by atoms with Gasteiger partial charge in [0, 0.05) is 83.0 Å². The summed E-state index contributed by atoms with van der Waals surface area (Å²) >= 11 is 0. The normalized spacial score (nSPS) is 49.4. The van der Waals surface area contributed by atoms with Crippen LogP contribution in [0.1, 0.15) is 30.1 Å². The van der Waals surface area contributed by atoms with Gasteiger partial charge in [-0.2, -0.15) is 0 Å². The van der Waals surface area contributed by atoms with Crippen molar-refractivity contribution in [3.8, 4) is 0 Å². The van der Waals surface area contributed by atoms with Crippen molar-refractivity contribution < 1.29 is 58.1 Å². The number of hydrogen-bond acceptors (Lipinski definition) is 12. The summed E-state index contributed by atoms with van der Waals surface area (Å²) in [4.78, 5) is 41.6. The molecule has 1 saturated heterocycles. The Labute approximate surface area is 267 Å². The Morgan fingerprint density at radius 3 is 2.33 bits per heavy atom. The largest absolute Gasteiger partial charge is 0.455 e. The van der Waals surface area contributed by atoms with Crippen molar-refractivity contribution in [2.24, 2.45) is 34.5 Å². The van der Waals surface area contributed by atoms with Gasteiger partial charge in [-0.3, -0.25) is 9.59 Å². The number of rotatable bonds is 9. The topological polar surface area (TPSA) is 171 Å². The summed E-state index contributed by atoms with van der Waals surface area (Å²) in [6, 6.07) is 7.64. The molecule has 46 heavy (non-hydrogen) atoms. The minimum atomic E-state index is -1.92. The number of hydrogen-bond donors (Lipinski definition) is 3. The van der Waals surface area contributed by atoms with Gasteiger partial charge < -0.3 is 48.6 Å². The van der Waals surface area contributed by atoms with Gasteiger partial charge in [0.05, 0.1) is 30.5 Å². The predicted molar refractivity (Wildman–Crippen MR) is 156 cm³/mol. The molecule has 13 nitrogen and oxygen atoms in total. The molecule has 1 heterocycles. The Morgan fingerprint density at radius 2 is 1.74 bits per heavy atom. The lowest BCUT2D eigenvalue weighted by atomic mass is 9.42. The molecule has 0 radical (unpaired) electrons. The van der Waals surface area contributed by atoms with Gasteiger partial charge in [0.1, 0.15) is 23.9 Å². The first-order valence-electron chi connectivity index (χ1n) is 15.8. The Morgan fingerprint density at radius 1 is 1.02 bits per heavy atom. The zero-order valence-corrected chi connectivity index (χ0v) is 26.6. The highest BCUT2D eigenvalue weighted by Gasteiger charge is 2.92. The number of benzene rings is 1. The maximum absolute atomic E-state index is 13.7. The molecule has 7 rings (SSSR count). The number of nitrogens with zero attached hydrogens (tertiary/aromatic N) is 1. The molecule has 5 aliphatic carbocycles. The molecule has 6 aliphatic rings. The second-order valence-corrected chi connectivity index (χ2v) is 14.1. The van der Waals surface area contributed by atoms with Crippen LogP contribution >= 0.6 is 0 Å². The van der Waals surface area contributed by atoms with Crippen molar-refractivity contribution in [1.29, 1.82) is 0 Å². The van der Waals surface area contributed by atoms with Gasteiger partial charge in [-0.25, -0.2) is 4.79 Å². The van der Waals surface area contributed by atoms with Crippen molar-refractivity contribution in [1.82, 2.24) is 4.90 Å². The van der Waals surface area contributed by atoms with E-state index in [4.69, 9.17) is 28.4 Å². The Hall–Kier alpha value is -2.65. The van der Waals surface area contributed by atoms with Gasteiger partial charge in [-0.1, -0.05) is 18.2 Å². The fourth-order valence-corrected chi connectivity index (χ4v) is 12.0. The number of fused-ring (bicyclic) bond motifs is 2. The first-order valence-corrected chi connectivity index (χ1v) is 15.8. The zero-order chi connectivity index (χ0) is 33.0. The maximum atomic E-state index is 13.7. The molecule has 6 fully saturated rings. The second kappa shape index (κ2) is 10.7. The number of methoxy groups -OCH3 is 4. The van der Waals surface area contributed by atoms with E-state index in [1.165, 1.54) is 28.3 Å². The number of aliphatic hydroxyl groups excluding tert-OH is 2. The van der Waals surface area contributed by atoms with Crippen LogP contribution in [0.2, 0.25) is 0 Å². The molecular formula is C33H43NO12. The number of esters is 2. The van der Waals surface area contributed by atoms with Gasteiger partial charge in [-0.05, 0) is 24.5 Å². The molecule has 3 N–H and O–H groups in total. The molecule has 1 spiro atoms. The third-order valence-corrected chi connectivity index (χ3v) is 12.8. The second-order valence-electron chi connectivity index (χ2n) is 14.1. The zero-order valence-electron chi connectivity index (χ0n) is 26.6. The lowest BCUT2D eigenvalue weighted by Crippen LogP contribution is -2.81. The lowest BCUT2D eigenvalue weighted by Gasteiger charge is -2.69. The van der Waals surface area contributed by atoms with Crippen molar-refractivity contribution in [3.63, 3.8) is 0 Å². The predicted octanol–water partition coefficient (Wildman–Crippen LogP) is -0.215. The van der Waals surface area contributed by atoms with Crippen LogP contribution in [0.15, 0.2) is 30.3 Å². The van der Waals surface area contributed by atoms with Crippen molar-refractivity contribution in [2.75, 3.05) is 41.6 Å². The van der Waals surface area contributed by atoms with Gasteiger partial charge in [-0.15, -0.1) is 0 Å². The molecule has 252 valence electrons. The van der Waals surface area contributed by atoms with E-state index in [1.807, 2.05) is 0 Å². The van der Waals surface area contributed by atoms with E-state index >= 15 is 0 Å². The average molecular weight is 646 g/mol. The van der Waals surface area contributed by atoms with Crippen molar-refractivity contribution in [2.45, 2.75) is 73.6 Å². The lowest BCUT2D eigenvalue weighted by molar-refractivity contribution is -0.319. The summed E-state index contributed by atoms with van der Waals surface area (Å²) in [5, 5.41) is 37.0. The molecule has 7 bridgehead atoms. The first-order chi connectivity index (χ1) is 22.0. The summed E-state index contributed by atoms with van der Waals surface area (Å²) in [6.45, 7) is 1.44. The van der Waals surface area contributed by atoms with Crippen LogP contribution < -0.4 is 0 Å². The van der Waals surface area contributed by atoms with Crippen molar-refractivity contribution >= 4 is 18.3 Å². The molecule has 15 atom stereocenters. The van der Waals surface area contributed by atoms with E-state index in [1.54, 1.807) is 42.3 Å². The van der Waals surface area contributed by atoms with E-state index in [-0.39, 0.29) is 31.6 Å². The Kier molecular flexibility index (Phi) is 7.41. The fourth-order valence-electron chi connectivity index (χ4n) is 12.0. The number of likely N-dealkylation sites (tertiary alicyclic amines) is 1. The number of amides is 1. The van der Waals surface area contributed by atoms with Crippen LogP contribution in [0.5, 0.6) is 0 Å². The molecule has 1 aromatic carbocycles. The maximum Gasteiger partial charge on any atom is 0.338 e. The molecule has 5 saturated carbocycles. The summed E-state index contributed by atoms with van der Waals surface area (Å²) in [5.74, 6) is -4.46. The van der Waals surface area contributed by atoms with Gasteiger partial charge in [0.2, 0.25) is 6.41 Å². The third kappa shape index (κ3) is 3.52. The summed E-state index contributed by atoms with van der Waals surface area (Å²) in [7, 11) is 5.95. The quantitative estimate of drug-likeness (QED) is 0.239. The fraction of sp³-hybridized carbons (Fsp3) is 0.727. The van der Waals surface area contributed by atoms with Crippen molar-refractivity contribution in [3.05, 3.63) is 35.9 Å². The third-order valence-electron chi connectivity index (χ3n) is 12.8. The molecule has 1 unspecified atom stereocenters. The molecule has 1 amide bonds. The number of carbonyl (C=O) groups excluding carboxylic acids is 3. The van der Waals surface area contributed by atoms with Crippen LogP contribution in [0, 0.1) is 34.5 Å². The summed E-state index contributed by atoms with van der Waals surface area (Å²) in [5.41, 5.74) is -5.54. The number of piperidine rings is 1. The molecule has 13 heteroatoms. The van der Waals surface area contributed by atoms with Crippen LogP contribution in [-0.4, -0.2) is 134 Å². The monoisotopic (exact) mass is 645 g/mol. The molecule has 1 aromatic rings. The standard InChI is InChI=1S/C33H43NO12/c1-16(36)46-33-21-18(12-31(40,28(44-5)26(33)38)27(21)45-29(39)17-9-7-6-8-10-17)32-20(42-3)11-19(37)30(14-41-2)13-34(15-35)25(32)22(33)23(43-4)24(30)32/h6-10,15,18-28,37-38,40H,11-14H2,1-5H3/t18-,19-,20+,21-,22+,23+,24-,25?,26+,27-,28+,30+,31-,32+,33-/m1/s1. The van der Waals surface area contributed by atoms with Gasteiger partial charge >= 0.3 is 11.9 Å². The highest BCUT2D eigenvalue weighted by molar-refractivity contribution is 5.89. The average Bonchev–Trinajstić information content (AvgIpc) is 3.41. The smallest absolute Gasteiger partial charge is 0.338 e. The van der Waals surface area contributed by atoms with E-state index in [9.17, 15) is 29.7 Å². The van der Waals surface area contributed by atoms with E-state index < -0.39 is 100 Å². The first kappa shape index (κ1) is 31.9. The SMILES string of the molecule is COC[C@]12CN(C=O)C3[C@@H]4[C@H](OC)[C@H]1[C@@]3([C@@H](OC)C[C@H]2O)[C@@H]1C[C@@]2(O)[C@H](OC(=O)c3ccccc3)[C@@H]1[C@]4(OC(C)=O)[C@@H](O)[C@@H]2OC. The van der Waals surface area contributed by atoms with E-state index in [2.05, 4.69) is 0 Å². The molecule has 1 aliphatic heterocycles. The van der Waals surface area contributed by atoms with Crippen LogP contribution in [-0.2, 0) is 38.0 Å². The minimum Gasteiger partial charge on any atom is -0.455 e.